The predicted octanol–water partition coefficient (Wildman–Crippen LogP) is 2.54. The monoisotopic (exact) mass is 410 g/mol. The average Bonchev–Trinajstić information content (AvgIpc) is 2.74. The van der Waals surface area contributed by atoms with E-state index in [1.165, 1.54) is 17.6 Å². The van der Waals surface area contributed by atoms with Crippen LogP contribution < -0.4 is 0 Å². The second kappa shape index (κ2) is 9.41. The van der Waals surface area contributed by atoms with Crippen molar-refractivity contribution in [2.45, 2.75) is 18.9 Å². The Bertz CT molecular complexity index is 894. The third kappa shape index (κ3) is 4.89. The molecule has 0 unspecified atom stereocenters. The van der Waals surface area contributed by atoms with E-state index >= 15 is 0 Å². The normalized spacial score (nSPS) is 18.9. The number of carbonyl (C=O) groups is 2. The van der Waals surface area contributed by atoms with Gasteiger partial charge in [0.25, 0.3) is 5.91 Å². The summed E-state index contributed by atoms with van der Waals surface area (Å²) in [6.45, 7) is 3.03. The lowest BCUT2D eigenvalue weighted by Gasteiger charge is -2.42. The van der Waals surface area contributed by atoms with E-state index in [0.29, 0.717) is 19.6 Å². The van der Waals surface area contributed by atoms with Crippen molar-refractivity contribution in [1.82, 2.24) is 9.80 Å². The first-order valence-corrected chi connectivity index (χ1v) is 10.1. The van der Waals surface area contributed by atoms with E-state index in [0.717, 1.165) is 16.7 Å². The molecule has 1 atom stereocenters. The molecule has 2 aromatic carbocycles. The van der Waals surface area contributed by atoms with Crippen LogP contribution in [-0.4, -0.2) is 74.7 Å². The lowest BCUT2D eigenvalue weighted by Crippen LogP contribution is -2.62. The Morgan fingerprint density at radius 1 is 1.13 bits per heavy atom. The highest BCUT2D eigenvalue weighted by Crippen LogP contribution is 2.28. The zero-order valence-electron chi connectivity index (χ0n) is 18.2. The second-order valence-electron chi connectivity index (χ2n) is 8.03. The summed E-state index contributed by atoms with van der Waals surface area (Å²) in [5.74, 6) is -0.275. The zero-order chi connectivity index (χ0) is 21.7. The number of hydrogen-bond donors (Lipinski definition) is 0. The fourth-order valence-corrected chi connectivity index (χ4v) is 3.87. The van der Waals surface area contributed by atoms with E-state index in [1.54, 1.807) is 19.0 Å². The van der Waals surface area contributed by atoms with Gasteiger partial charge >= 0.3 is 0 Å². The SMILES string of the molecule is COCC(=O)N1CCO[C@](Cc2cccc(-c3ccc(C)cc3)c2)(C(=O)N(C)C)C1. The van der Waals surface area contributed by atoms with Gasteiger partial charge in [-0.3, -0.25) is 9.59 Å². The molecule has 1 saturated heterocycles. The highest BCUT2D eigenvalue weighted by Gasteiger charge is 2.45. The molecule has 0 spiro atoms. The number of nitrogens with zero attached hydrogens (tertiary/aromatic N) is 2. The van der Waals surface area contributed by atoms with Crippen molar-refractivity contribution in [3.05, 3.63) is 59.7 Å². The van der Waals surface area contributed by atoms with E-state index < -0.39 is 5.60 Å². The van der Waals surface area contributed by atoms with Gasteiger partial charge in [0.05, 0.1) is 13.2 Å². The third-order valence-corrected chi connectivity index (χ3v) is 5.40. The first-order valence-electron chi connectivity index (χ1n) is 10.1. The predicted molar refractivity (Wildman–Crippen MR) is 116 cm³/mol. The van der Waals surface area contributed by atoms with Gasteiger partial charge in [-0.2, -0.15) is 0 Å². The van der Waals surface area contributed by atoms with E-state index in [9.17, 15) is 9.59 Å². The standard InChI is InChI=1S/C24H30N2O4/c1-18-8-10-20(11-9-18)21-7-5-6-19(14-21)15-24(23(28)25(2)3)17-26(12-13-30-24)22(27)16-29-4/h5-11,14H,12-13,15-17H2,1-4H3/t24-/m0/s1. The van der Waals surface area contributed by atoms with Gasteiger partial charge in [-0.15, -0.1) is 0 Å². The smallest absolute Gasteiger partial charge is 0.256 e. The van der Waals surface area contributed by atoms with E-state index in [4.69, 9.17) is 9.47 Å². The van der Waals surface area contributed by atoms with Crippen LogP contribution in [0.25, 0.3) is 11.1 Å². The second-order valence-corrected chi connectivity index (χ2v) is 8.03. The molecule has 6 nitrogen and oxygen atoms in total. The molecule has 3 rings (SSSR count). The number of ether oxygens (including phenoxy) is 2. The first-order chi connectivity index (χ1) is 14.3. The number of amides is 2. The Labute approximate surface area is 178 Å². The van der Waals surface area contributed by atoms with Crippen LogP contribution in [0.3, 0.4) is 0 Å². The highest BCUT2D eigenvalue weighted by molar-refractivity contribution is 5.87. The van der Waals surface area contributed by atoms with Gasteiger partial charge in [0.2, 0.25) is 5.91 Å². The summed E-state index contributed by atoms with van der Waals surface area (Å²) in [5.41, 5.74) is 3.29. The zero-order valence-corrected chi connectivity index (χ0v) is 18.2. The third-order valence-electron chi connectivity index (χ3n) is 5.40. The molecule has 0 aliphatic carbocycles. The number of methoxy groups -OCH3 is 1. The van der Waals surface area contributed by atoms with Gasteiger partial charge in [0, 0.05) is 34.2 Å². The van der Waals surface area contributed by atoms with Gasteiger partial charge in [-0.1, -0.05) is 54.1 Å². The maximum atomic E-state index is 13.2. The minimum absolute atomic E-state index is 0.00482. The van der Waals surface area contributed by atoms with Gasteiger partial charge in [0.1, 0.15) is 6.61 Å². The Balaban J connectivity index is 1.90. The quantitative estimate of drug-likeness (QED) is 0.734. The molecular formula is C24H30N2O4. The summed E-state index contributed by atoms with van der Waals surface area (Å²) >= 11 is 0. The summed E-state index contributed by atoms with van der Waals surface area (Å²) in [6, 6.07) is 16.5. The molecule has 6 heteroatoms. The van der Waals surface area contributed by atoms with Crippen LogP contribution >= 0.6 is 0 Å². The van der Waals surface area contributed by atoms with Crippen molar-refractivity contribution in [3.8, 4) is 11.1 Å². The molecule has 2 aromatic rings. The van der Waals surface area contributed by atoms with Crippen LogP contribution in [-0.2, 0) is 25.5 Å². The molecule has 1 aliphatic heterocycles. The van der Waals surface area contributed by atoms with Gasteiger partial charge in [0.15, 0.2) is 5.60 Å². The fourth-order valence-electron chi connectivity index (χ4n) is 3.87. The molecule has 0 radical (unpaired) electrons. The molecule has 2 amide bonds. The van der Waals surface area contributed by atoms with Crippen LogP contribution in [0.4, 0.5) is 0 Å². The molecule has 0 bridgehead atoms. The summed E-state index contributed by atoms with van der Waals surface area (Å²) < 4.78 is 11.1. The van der Waals surface area contributed by atoms with Gasteiger partial charge < -0.3 is 19.3 Å². The largest absolute Gasteiger partial charge is 0.375 e. The molecular weight excluding hydrogens is 380 g/mol. The van der Waals surface area contributed by atoms with Crippen molar-refractivity contribution in [1.29, 1.82) is 0 Å². The van der Waals surface area contributed by atoms with Crippen LogP contribution in [0.1, 0.15) is 11.1 Å². The number of benzene rings is 2. The molecule has 1 aliphatic rings. The Hall–Kier alpha value is -2.70. The number of likely N-dealkylation sites (N-methyl/N-ethyl adjacent to an activating group) is 1. The fraction of sp³-hybridized carbons (Fsp3) is 0.417. The molecule has 0 N–H and O–H groups in total. The first kappa shape index (κ1) is 22.0. The minimum Gasteiger partial charge on any atom is -0.375 e. The lowest BCUT2D eigenvalue weighted by molar-refractivity contribution is -0.173. The highest BCUT2D eigenvalue weighted by atomic mass is 16.5. The van der Waals surface area contributed by atoms with E-state index in [2.05, 4.69) is 43.3 Å². The number of morpholine rings is 1. The van der Waals surface area contributed by atoms with E-state index in [-0.39, 0.29) is 25.0 Å². The van der Waals surface area contributed by atoms with Crippen molar-refractivity contribution in [2.75, 3.05) is 47.5 Å². The van der Waals surface area contributed by atoms with E-state index in [1.807, 2.05) is 12.1 Å². The average molecular weight is 411 g/mol. The number of carbonyl (C=O) groups excluding carboxylic acids is 2. The van der Waals surface area contributed by atoms with Crippen LogP contribution in [0, 0.1) is 6.92 Å². The summed E-state index contributed by atoms with van der Waals surface area (Å²) in [7, 11) is 4.92. The number of hydrogen-bond acceptors (Lipinski definition) is 4. The molecule has 1 fully saturated rings. The number of rotatable bonds is 6. The van der Waals surface area contributed by atoms with Crippen molar-refractivity contribution >= 4 is 11.8 Å². The summed E-state index contributed by atoms with van der Waals surface area (Å²) in [4.78, 5) is 28.8. The van der Waals surface area contributed by atoms with Crippen molar-refractivity contribution in [3.63, 3.8) is 0 Å². The molecule has 30 heavy (non-hydrogen) atoms. The number of aryl methyl sites for hydroxylation is 1. The van der Waals surface area contributed by atoms with Crippen LogP contribution in [0.15, 0.2) is 48.5 Å². The maximum absolute atomic E-state index is 13.2. The maximum Gasteiger partial charge on any atom is 0.256 e. The summed E-state index contributed by atoms with van der Waals surface area (Å²) in [5, 5.41) is 0. The molecule has 0 aromatic heterocycles. The van der Waals surface area contributed by atoms with Gasteiger partial charge in [-0.05, 0) is 23.6 Å². The topological polar surface area (TPSA) is 59.1 Å². The Kier molecular flexibility index (Phi) is 6.90. The molecule has 0 saturated carbocycles. The van der Waals surface area contributed by atoms with Crippen molar-refractivity contribution < 1.29 is 19.1 Å². The summed E-state index contributed by atoms with van der Waals surface area (Å²) in [6.07, 6.45) is 0.389. The minimum atomic E-state index is -1.11. The Morgan fingerprint density at radius 3 is 2.53 bits per heavy atom. The van der Waals surface area contributed by atoms with Crippen LogP contribution in [0.2, 0.25) is 0 Å². The molecule has 160 valence electrons. The van der Waals surface area contributed by atoms with Crippen molar-refractivity contribution in [2.24, 2.45) is 0 Å². The van der Waals surface area contributed by atoms with Gasteiger partial charge in [-0.25, -0.2) is 0 Å². The Morgan fingerprint density at radius 2 is 1.87 bits per heavy atom. The lowest BCUT2D eigenvalue weighted by atomic mass is 9.89. The van der Waals surface area contributed by atoms with Crippen LogP contribution in [0.5, 0.6) is 0 Å². The molecule has 1 heterocycles.